The van der Waals surface area contributed by atoms with Gasteiger partial charge < -0.3 is 9.84 Å². The van der Waals surface area contributed by atoms with E-state index in [2.05, 4.69) is 9.80 Å². The number of rotatable bonds is 4. The molecule has 0 unspecified atom stereocenters. The zero-order valence-corrected chi connectivity index (χ0v) is 14.8. The molecule has 4 fully saturated rings. The summed E-state index contributed by atoms with van der Waals surface area (Å²) in [4.78, 5) is 16.8. The molecule has 5 rings (SSSR count). The first kappa shape index (κ1) is 17.0. The second-order valence-corrected chi connectivity index (χ2v) is 7.79. The Balaban J connectivity index is 1.48. The van der Waals surface area contributed by atoms with Gasteiger partial charge in [-0.05, 0) is 43.2 Å². The normalized spacial score (nSPS) is 28.8. The van der Waals surface area contributed by atoms with Gasteiger partial charge in [-0.1, -0.05) is 18.2 Å². The van der Waals surface area contributed by atoms with Crippen molar-refractivity contribution in [2.24, 2.45) is 5.92 Å². The van der Waals surface area contributed by atoms with E-state index in [0.29, 0.717) is 23.6 Å². The maximum Gasteiger partial charge on any atom is 0.336 e. The Labute approximate surface area is 149 Å². The standard InChI is InChI=1S/C20H28N2O3/c23-20(24)19-4-2-1-3-16(19)13-21-11-15-5-6-18(21)14-22(12-15)17-7-9-25-10-8-17/h1-4,15,17-18H,5-14H2,(H,23,24)/t15-,18-/m0/s1. The molecular weight excluding hydrogens is 316 g/mol. The third-order valence-corrected chi connectivity index (χ3v) is 6.18. The lowest BCUT2D eigenvalue weighted by atomic mass is 9.94. The van der Waals surface area contributed by atoms with E-state index in [-0.39, 0.29) is 0 Å². The summed E-state index contributed by atoms with van der Waals surface area (Å²) in [7, 11) is 0. The molecule has 5 heteroatoms. The molecule has 1 aromatic rings. The molecule has 1 aromatic carbocycles. The minimum absolute atomic E-state index is 0.448. The van der Waals surface area contributed by atoms with Crippen molar-refractivity contribution in [2.75, 3.05) is 32.8 Å². The zero-order chi connectivity index (χ0) is 17.2. The van der Waals surface area contributed by atoms with E-state index in [9.17, 15) is 9.90 Å². The lowest BCUT2D eigenvalue weighted by Crippen LogP contribution is -2.45. The van der Waals surface area contributed by atoms with Crippen LogP contribution in [-0.2, 0) is 11.3 Å². The quantitative estimate of drug-likeness (QED) is 0.909. The van der Waals surface area contributed by atoms with Crippen molar-refractivity contribution in [3.8, 4) is 0 Å². The first-order chi connectivity index (χ1) is 12.2. The van der Waals surface area contributed by atoms with Crippen molar-refractivity contribution >= 4 is 5.97 Å². The molecule has 0 amide bonds. The number of carboxylic acids is 1. The van der Waals surface area contributed by atoms with Gasteiger partial charge in [-0.15, -0.1) is 0 Å². The van der Waals surface area contributed by atoms with Gasteiger partial charge in [0, 0.05) is 51.5 Å². The molecule has 136 valence electrons. The average molecular weight is 344 g/mol. The first-order valence-electron chi connectivity index (χ1n) is 9.58. The molecule has 1 N–H and O–H groups in total. The zero-order valence-electron chi connectivity index (χ0n) is 14.8. The molecule has 0 spiro atoms. The summed E-state index contributed by atoms with van der Waals surface area (Å²) in [5, 5.41) is 9.46. The number of hydrogen-bond donors (Lipinski definition) is 1. The number of carboxylic acid groups (broad SMARTS) is 1. The Morgan fingerprint density at radius 2 is 1.84 bits per heavy atom. The number of nitrogens with zero attached hydrogens (tertiary/aromatic N) is 2. The lowest BCUT2D eigenvalue weighted by Gasteiger charge is -2.37. The van der Waals surface area contributed by atoms with Crippen molar-refractivity contribution in [2.45, 2.75) is 44.3 Å². The third kappa shape index (κ3) is 3.73. The largest absolute Gasteiger partial charge is 0.478 e. The average Bonchev–Trinajstić information content (AvgIpc) is 2.95. The van der Waals surface area contributed by atoms with Gasteiger partial charge in [0.1, 0.15) is 0 Å². The van der Waals surface area contributed by atoms with Crippen LogP contribution in [0.4, 0.5) is 0 Å². The van der Waals surface area contributed by atoms with Gasteiger partial charge in [0.15, 0.2) is 0 Å². The van der Waals surface area contributed by atoms with Crippen molar-refractivity contribution < 1.29 is 14.6 Å². The number of benzene rings is 1. The van der Waals surface area contributed by atoms with E-state index in [1.165, 1.54) is 19.4 Å². The highest BCUT2D eigenvalue weighted by Crippen LogP contribution is 2.32. The Morgan fingerprint density at radius 3 is 2.64 bits per heavy atom. The number of ether oxygens (including phenoxy) is 1. The second kappa shape index (κ2) is 7.44. The van der Waals surface area contributed by atoms with Crippen LogP contribution in [0.15, 0.2) is 24.3 Å². The topological polar surface area (TPSA) is 53.0 Å². The van der Waals surface area contributed by atoms with Gasteiger partial charge in [0.25, 0.3) is 0 Å². The third-order valence-electron chi connectivity index (χ3n) is 6.18. The fourth-order valence-electron chi connectivity index (χ4n) is 4.84. The monoisotopic (exact) mass is 344 g/mol. The van der Waals surface area contributed by atoms with Gasteiger partial charge in [0.2, 0.25) is 0 Å². The van der Waals surface area contributed by atoms with Gasteiger partial charge in [-0.25, -0.2) is 4.79 Å². The summed E-state index contributed by atoms with van der Waals surface area (Å²) in [6.07, 6.45) is 4.85. The van der Waals surface area contributed by atoms with Gasteiger partial charge in [-0.2, -0.15) is 0 Å². The highest BCUT2D eigenvalue weighted by atomic mass is 16.5. The number of carbonyl (C=O) groups is 1. The van der Waals surface area contributed by atoms with Gasteiger partial charge in [0.05, 0.1) is 5.56 Å². The van der Waals surface area contributed by atoms with E-state index >= 15 is 0 Å². The molecular formula is C20H28N2O3. The van der Waals surface area contributed by atoms with Gasteiger partial charge >= 0.3 is 5.97 Å². The van der Waals surface area contributed by atoms with Crippen molar-refractivity contribution in [1.82, 2.24) is 9.80 Å². The smallest absolute Gasteiger partial charge is 0.336 e. The summed E-state index contributed by atoms with van der Waals surface area (Å²) in [6, 6.07) is 8.67. The maximum absolute atomic E-state index is 11.5. The highest BCUT2D eigenvalue weighted by molar-refractivity contribution is 5.89. The van der Waals surface area contributed by atoms with Crippen LogP contribution < -0.4 is 0 Å². The Bertz CT molecular complexity index is 615. The van der Waals surface area contributed by atoms with Crippen LogP contribution in [0.1, 0.15) is 41.6 Å². The lowest BCUT2D eigenvalue weighted by molar-refractivity contribution is 0.0307. The van der Waals surface area contributed by atoms with Gasteiger partial charge in [-0.3, -0.25) is 9.80 Å². The second-order valence-electron chi connectivity index (χ2n) is 7.79. The number of aromatic carboxylic acids is 1. The maximum atomic E-state index is 11.5. The van der Waals surface area contributed by atoms with Crippen molar-refractivity contribution in [1.29, 1.82) is 0 Å². The fraction of sp³-hybridized carbons (Fsp3) is 0.650. The molecule has 4 aliphatic rings. The highest BCUT2D eigenvalue weighted by Gasteiger charge is 2.37. The van der Waals surface area contributed by atoms with Crippen LogP contribution in [0.5, 0.6) is 0 Å². The van der Waals surface area contributed by atoms with E-state index in [0.717, 1.165) is 51.3 Å². The van der Waals surface area contributed by atoms with E-state index in [4.69, 9.17) is 4.74 Å². The predicted octanol–water partition coefficient (Wildman–Crippen LogP) is 2.46. The Morgan fingerprint density at radius 1 is 1.04 bits per heavy atom. The molecule has 0 aromatic heterocycles. The molecule has 4 saturated heterocycles. The van der Waals surface area contributed by atoms with Crippen LogP contribution >= 0.6 is 0 Å². The van der Waals surface area contributed by atoms with Crippen LogP contribution in [0.3, 0.4) is 0 Å². The number of hydrogen-bond acceptors (Lipinski definition) is 4. The summed E-state index contributed by atoms with van der Waals surface area (Å²) in [6.45, 7) is 5.96. The molecule has 0 saturated carbocycles. The molecule has 4 heterocycles. The van der Waals surface area contributed by atoms with Crippen LogP contribution in [-0.4, -0.2) is 65.8 Å². The van der Waals surface area contributed by atoms with E-state index < -0.39 is 5.97 Å². The number of fused-ring (bicyclic) bond motifs is 4. The minimum atomic E-state index is -0.820. The fourth-order valence-corrected chi connectivity index (χ4v) is 4.84. The van der Waals surface area contributed by atoms with E-state index in [1.54, 1.807) is 6.07 Å². The molecule has 5 nitrogen and oxygen atoms in total. The SMILES string of the molecule is O=C(O)c1ccccc1CN1C[C@@H]2CC[C@H]1CN(C1CCOCC1)C2. The predicted molar refractivity (Wildman–Crippen MR) is 95.7 cm³/mol. The Hall–Kier alpha value is -1.43. The van der Waals surface area contributed by atoms with Crippen LogP contribution in [0, 0.1) is 5.92 Å². The van der Waals surface area contributed by atoms with Crippen molar-refractivity contribution in [3.05, 3.63) is 35.4 Å². The summed E-state index contributed by atoms with van der Waals surface area (Å²) in [5.74, 6) is -0.113. The molecule has 2 bridgehead atoms. The molecule has 2 atom stereocenters. The summed E-state index contributed by atoms with van der Waals surface area (Å²) < 4.78 is 5.53. The minimum Gasteiger partial charge on any atom is -0.478 e. The molecule has 4 aliphatic heterocycles. The molecule has 0 radical (unpaired) electrons. The molecule has 25 heavy (non-hydrogen) atoms. The van der Waals surface area contributed by atoms with Crippen molar-refractivity contribution in [3.63, 3.8) is 0 Å². The number of piperidine rings is 1. The summed E-state index contributed by atoms with van der Waals surface area (Å²) in [5.41, 5.74) is 1.39. The van der Waals surface area contributed by atoms with Crippen LogP contribution in [0.2, 0.25) is 0 Å². The van der Waals surface area contributed by atoms with E-state index in [1.807, 2.05) is 18.2 Å². The summed E-state index contributed by atoms with van der Waals surface area (Å²) >= 11 is 0. The first-order valence-corrected chi connectivity index (χ1v) is 9.58. The Kier molecular flexibility index (Phi) is 5.06. The van der Waals surface area contributed by atoms with Crippen LogP contribution in [0.25, 0.3) is 0 Å². The molecule has 0 aliphatic carbocycles.